The zero-order valence-corrected chi connectivity index (χ0v) is 19.5. The molecule has 0 N–H and O–H groups in total. The third-order valence-corrected chi connectivity index (χ3v) is 8.02. The number of hydrogen-bond acceptors (Lipinski definition) is 4. The van der Waals surface area contributed by atoms with Gasteiger partial charge in [0.15, 0.2) is 15.9 Å². The Balaban J connectivity index is 1.84. The SMILES string of the molecule is Cc1cc(O[C@@H](C)C(=O)N(Cc2ccccc2Cl)[C@@H]2CCS(=O)(=O)C2)cc(C)c1Cl. The van der Waals surface area contributed by atoms with Crippen LogP contribution in [0.25, 0.3) is 0 Å². The summed E-state index contributed by atoms with van der Waals surface area (Å²) in [6.07, 6.45) is -0.388. The first-order chi connectivity index (χ1) is 14.1. The lowest BCUT2D eigenvalue weighted by molar-refractivity contribution is -0.140. The Hall–Kier alpha value is -1.76. The van der Waals surface area contributed by atoms with E-state index in [2.05, 4.69) is 0 Å². The maximum absolute atomic E-state index is 13.3. The summed E-state index contributed by atoms with van der Waals surface area (Å²) in [5.41, 5.74) is 2.49. The van der Waals surface area contributed by atoms with Crippen molar-refractivity contribution in [2.75, 3.05) is 11.5 Å². The highest BCUT2D eigenvalue weighted by Gasteiger charge is 2.37. The quantitative estimate of drug-likeness (QED) is 0.620. The Morgan fingerprint density at radius 3 is 2.40 bits per heavy atom. The molecule has 3 rings (SSSR count). The highest BCUT2D eigenvalue weighted by atomic mass is 35.5. The van der Waals surface area contributed by atoms with Crippen molar-refractivity contribution in [3.63, 3.8) is 0 Å². The Morgan fingerprint density at radius 1 is 1.20 bits per heavy atom. The topological polar surface area (TPSA) is 63.7 Å². The summed E-state index contributed by atoms with van der Waals surface area (Å²) >= 11 is 12.5. The maximum Gasteiger partial charge on any atom is 0.263 e. The second-order valence-electron chi connectivity index (χ2n) is 7.75. The maximum atomic E-state index is 13.3. The third kappa shape index (κ3) is 5.29. The number of ether oxygens (including phenoxy) is 1. The summed E-state index contributed by atoms with van der Waals surface area (Å²) in [6, 6.07) is 10.4. The van der Waals surface area contributed by atoms with E-state index in [1.807, 2.05) is 32.0 Å². The summed E-state index contributed by atoms with van der Waals surface area (Å²) in [6.45, 7) is 5.65. The molecule has 30 heavy (non-hydrogen) atoms. The van der Waals surface area contributed by atoms with E-state index in [9.17, 15) is 13.2 Å². The molecule has 0 radical (unpaired) electrons. The van der Waals surface area contributed by atoms with Crippen LogP contribution in [0.3, 0.4) is 0 Å². The van der Waals surface area contributed by atoms with Gasteiger partial charge in [0.2, 0.25) is 0 Å². The first-order valence-electron chi connectivity index (χ1n) is 9.75. The molecule has 1 saturated heterocycles. The van der Waals surface area contributed by atoms with Gasteiger partial charge in [0, 0.05) is 22.6 Å². The zero-order chi connectivity index (χ0) is 22.1. The monoisotopic (exact) mass is 469 g/mol. The average Bonchev–Trinajstić information content (AvgIpc) is 3.04. The van der Waals surface area contributed by atoms with Crippen molar-refractivity contribution >= 4 is 38.9 Å². The summed E-state index contributed by atoms with van der Waals surface area (Å²) < 4.78 is 30.0. The summed E-state index contributed by atoms with van der Waals surface area (Å²) in [5, 5.41) is 1.20. The number of nitrogens with zero attached hydrogens (tertiary/aromatic N) is 1. The molecular weight excluding hydrogens is 445 g/mol. The van der Waals surface area contributed by atoms with Crippen LogP contribution in [0.4, 0.5) is 0 Å². The number of sulfone groups is 1. The van der Waals surface area contributed by atoms with Gasteiger partial charge in [0.25, 0.3) is 5.91 Å². The van der Waals surface area contributed by atoms with Crippen LogP contribution in [0.5, 0.6) is 5.75 Å². The van der Waals surface area contributed by atoms with E-state index in [1.54, 1.807) is 30.0 Å². The number of carbonyl (C=O) groups excluding carboxylic acids is 1. The molecule has 1 aliphatic heterocycles. The molecule has 1 heterocycles. The van der Waals surface area contributed by atoms with Crippen LogP contribution in [0.15, 0.2) is 36.4 Å². The van der Waals surface area contributed by atoms with Crippen LogP contribution in [0, 0.1) is 13.8 Å². The summed E-state index contributed by atoms with van der Waals surface area (Å²) in [4.78, 5) is 14.9. The van der Waals surface area contributed by atoms with Crippen LogP contribution in [0.2, 0.25) is 10.0 Å². The lowest BCUT2D eigenvalue weighted by atomic mass is 10.1. The molecule has 0 bridgehead atoms. The highest BCUT2D eigenvalue weighted by Crippen LogP contribution is 2.28. The summed E-state index contributed by atoms with van der Waals surface area (Å²) in [5.74, 6) is 0.304. The van der Waals surface area contributed by atoms with E-state index >= 15 is 0 Å². The van der Waals surface area contributed by atoms with Crippen molar-refractivity contribution in [3.05, 3.63) is 63.1 Å². The smallest absolute Gasteiger partial charge is 0.263 e. The summed E-state index contributed by atoms with van der Waals surface area (Å²) in [7, 11) is -3.16. The zero-order valence-electron chi connectivity index (χ0n) is 17.2. The van der Waals surface area contributed by atoms with Crippen LogP contribution in [-0.2, 0) is 21.2 Å². The van der Waals surface area contributed by atoms with Gasteiger partial charge in [-0.05, 0) is 62.1 Å². The fraction of sp³-hybridized carbons (Fsp3) is 0.409. The van der Waals surface area contributed by atoms with Crippen molar-refractivity contribution in [2.24, 2.45) is 0 Å². The fourth-order valence-electron chi connectivity index (χ4n) is 3.68. The Morgan fingerprint density at radius 2 is 1.83 bits per heavy atom. The van der Waals surface area contributed by atoms with Gasteiger partial charge in [-0.15, -0.1) is 0 Å². The molecule has 2 aromatic carbocycles. The number of carbonyl (C=O) groups is 1. The molecule has 0 spiro atoms. The van der Waals surface area contributed by atoms with Crippen LogP contribution < -0.4 is 4.74 Å². The minimum Gasteiger partial charge on any atom is -0.481 e. The molecule has 2 aromatic rings. The molecule has 1 amide bonds. The second-order valence-corrected chi connectivity index (χ2v) is 10.8. The molecule has 1 fully saturated rings. The van der Waals surface area contributed by atoms with E-state index in [0.717, 1.165) is 16.7 Å². The van der Waals surface area contributed by atoms with E-state index in [4.69, 9.17) is 27.9 Å². The number of amides is 1. The van der Waals surface area contributed by atoms with Gasteiger partial charge < -0.3 is 9.64 Å². The molecule has 1 aliphatic rings. The number of hydrogen-bond donors (Lipinski definition) is 0. The van der Waals surface area contributed by atoms with Gasteiger partial charge >= 0.3 is 0 Å². The molecule has 0 unspecified atom stereocenters. The Labute approximate surface area is 187 Å². The largest absolute Gasteiger partial charge is 0.481 e. The minimum absolute atomic E-state index is 0.0466. The van der Waals surface area contributed by atoms with Gasteiger partial charge in [0.1, 0.15) is 5.75 Å². The molecule has 162 valence electrons. The highest BCUT2D eigenvalue weighted by molar-refractivity contribution is 7.91. The average molecular weight is 470 g/mol. The predicted molar refractivity (Wildman–Crippen MR) is 120 cm³/mol. The first kappa shape index (κ1) is 22.9. The first-order valence-corrected chi connectivity index (χ1v) is 12.3. The van der Waals surface area contributed by atoms with E-state index in [1.165, 1.54) is 0 Å². The van der Waals surface area contributed by atoms with Crippen LogP contribution in [0.1, 0.15) is 30.0 Å². The van der Waals surface area contributed by atoms with Gasteiger partial charge in [-0.1, -0.05) is 41.4 Å². The Bertz CT molecular complexity index is 1030. The third-order valence-electron chi connectivity index (χ3n) is 5.30. The lowest BCUT2D eigenvalue weighted by Gasteiger charge is -2.31. The number of aryl methyl sites for hydroxylation is 2. The molecule has 0 aromatic heterocycles. The van der Waals surface area contributed by atoms with Crippen molar-refractivity contribution in [1.82, 2.24) is 4.90 Å². The van der Waals surface area contributed by atoms with Crippen molar-refractivity contribution in [1.29, 1.82) is 0 Å². The second kappa shape index (κ2) is 9.16. The van der Waals surface area contributed by atoms with E-state index in [-0.39, 0.29) is 24.0 Å². The normalized spacial score (nSPS) is 18.8. The lowest BCUT2D eigenvalue weighted by Crippen LogP contribution is -2.46. The number of rotatable bonds is 6. The molecule has 0 aliphatic carbocycles. The van der Waals surface area contributed by atoms with E-state index in [0.29, 0.717) is 22.2 Å². The van der Waals surface area contributed by atoms with Gasteiger partial charge in [-0.3, -0.25) is 4.79 Å². The fourth-order valence-corrected chi connectivity index (χ4v) is 5.72. The molecule has 5 nitrogen and oxygen atoms in total. The standard InChI is InChI=1S/C22H25Cl2NO4S/c1-14-10-19(11-15(2)21(14)24)29-16(3)22(26)25(18-8-9-30(27,28)13-18)12-17-6-4-5-7-20(17)23/h4-7,10-11,16,18H,8-9,12-13H2,1-3H3/t16-,18+/m0/s1. The number of halogens is 2. The van der Waals surface area contributed by atoms with Gasteiger partial charge in [-0.25, -0.2) is 8.42 Å². The number of benzene rings is 2. The molecule has 0 saturated carbocycles. The van der Waals surface area contributed by atoms with Crippen molar-refractivity contribution in [2.45, 2.75) is 45.9 Å². The van der Waals surface area contributed by atoms with Gasteiger partial charge in [-0.2, -0.15) is 0 Å². The molecule has 2 atom stereocenters. The van der Waals surface area contributed by atoms with E-state index < -0.39 is 22.0 Å². The minimum atomic E-state index is -3.16. The van der Waals surface area contributed by atoms with Crippen molar-refractivity contribution < 1.29 is 17.9 Å². The van der Waals surface area contributed by atoms with Crippen molar-refractivity contribution in [3.8, 4) is 5.75 Å². The Kier molecular flexibility index (Phi) is 7.00. The predicted octanol–water partition coefficient (Wildman–Crippen LogP) is 4.59. The van der Waals surface area contributed by atoms with Crippen LogP contribution >= 0.6 is 23.2 Å². The van der Waals surface area contributed by atoms with Gasteiger partial charge in [0.05, 0.1) is 11.5 Å². The molecule has 8 heteroatoms. The molecular formula is C22H25Cl2NO4S. The van der Waals surface area contributed by atoms with Crippen LogP contribution in [-0.4, -0.2) is 42.9 Å².